The van der Waals surface area contributed by atoms with Gasteiger partial charge in [-0.2, -0.15) is 13.2 Å². The average Bonchev–Trinajstić information content (AvgIpc) is 2.53. The van der Waals surface area contributed by atoms with E-state index in [1.807, 2.05) is 0 Å². The van der Waals surface area contributed by atoms with Crippen LogP contribution in [0.2, 0.25) is 0 Å². The summed E-state index contributed by atoms with van der Waals surface area (Å²) in [5, 5.41) is 11.0. The van der Waals surface area contributed by atoms with Gasteiger partial charge in [0, 0.05) is 11.6 Å². The first-order valence-electron chi connectivity index (χ1n) is 7.06. The highest BCUT2D eigenvalue weighted by Gasteiger charge is 2.29. The van der Waals surface area contributed by atoms with Gasteiger partial charge in [0.05, 0.1) is 15.5 Å². The summed E-state index contributed by atoms with van der Waals surface area (Å²) in [7, 11) is -4.28. The van der Waals surface area contributed by atoms with Crippen molar-refractivity contribution in [1.29, 1.82) is 0 Å². The molecule has 0 spiro atoms. The minimum atomic E-state index is -4.59. The minimum Gasteiger partial charge on any atom is -0.482 e. The predicted octanol–water partition coefficient (Wildman–Crippen LogP) is 3.65. The number of para-hydroxylation sites is 2. The second kappa shape index (κ2) is 7.20. The van der Waals surface area contributed by atoms with E-state index in [1.165, 1.54) is 37.3 Å². The molecule has 0 aliphatic heterocycles. The van der Waals surface area contributed by atoms with Gasteiger partial charge in [0.2, 0.25) is 0 Å². The molecule has 140 valence electrons. The first-order valence-corrected chi connectivity index (χ1v) is 8.54. The number of nitrogens with zero attached hydrogens (tertiary/aromatic N) is 1. The van der Waals surface area contributed by atoms with Crippen molar-refractivity contribution in [2.75, 3.05) is 11.3 Å². The summed E-state index contributed by atoms with van der Waals surface area (Å²) in [6.07, 6.45) is -4.59. The minimum absolute atomic E-state index is 0.222. The predicted molar refractivity (Wildman–Crippen MR) is 86.6 cm³/mol. The van der Waals surface area contributed by atoms with Crippen LogP contribution in [0.4, 0.5) is 24.5 Å². The Bertz CT molecular complexity index is 929. The van der Waals surface area contributed by atoms with Crippen LogP contribution in [0.15, 0.2) is 47.4 Å². The van der Waals surface area contributed by atoms with Crippen molar-refractivity contribution in [3.05, 3.63) is 58.1 Å². The molecule has 2 rings (SSSR count). The summed E-state index contributed by atoms with van der Waals surface area (Å²) in [6.45, 7) is -0.149. The Morgan fingerprint density at radius 1 is 1.19 bits per heavy atom. The Kier molecular flexibility index (Phi) is 5.40. The molecule has 2 aromatic carbocycles. The maximum absolute atomic E-state index is 12.4. The number of sulfonamides is 1. The van der Waals surface area contributed by atoms with Crippen LogP contribution in [0.1, 0.15) is 5.56 Å². The fourth-order valence-electron chi connectivity index (χ4n) is 1.99. The standard InChI is InChI=1S/C15H13F3N2O5S/c1-10-6-7-11(8-13(10)20(21)22)26(23,24)19-12-4-2-3-5-14(12)25-9-15(16,17)18/h2-8,19H,9H2,1H3. The molecule has 0 aromatic heterocycles. The van der Waals surface area contributed by atoms with Gasteiger partial charge in [0.1, 0.15) is 5.75 Å². The van der Waals surface area contributed by atoms with Gasteiger partial charge >= 0.3 is 6.18 Å². The number of aryl methyl sites for hydroxylation is 1. The van der Waals surface area contributed by atoms with E-state index in [-0.39, 0.29) is 17.0 Å². The lowest BCUT2D eigenvalue weighted by Gasteiger charge is -2.14. The quantitative estimate of drug-likeness (QED) is 0.600. The number of hydrogen-bond acceptors (Lipinski definition) is 5. The van der Waals surface area contributed by atoms with Crippen LogP contribution < -0.4 is 9.46 Å². The lowest BCUT2D eigenvalue weighted by Crippen LogP contribution is -2.20. The third-order valence-corrected chi connectivity index (χ3v) is 4.57. The van der Waals surface area contributed by atoms with Crippen molar-refractivity contribution < 1.29 is 31.2 Å². The average molecular weight is 390 g/mol. The first kappa shape index (κ1) is 19.5. The SMILES string of the molecule is Cc1ccc(S(=O)(=O)Nc2ccccc2OCC(F)(F)F)cc1[N+](=O)[O-]. The molecule has 11 heteroatoms. The molecule has 0 unspecified atom stereocenters. The van der Waals surface area contributed by atoms with Crippen molar-refractivity contribution in [2.45, 2.75) is 18.0 Å². The molecule has 0 bridgehead atoms. The zero-order chi connectivity index (χ0) is 19.5. The highest BCUT2D eigenvalue weighted by Crippen LogP contribution is 2.29. The van der Waals surface area contributed by atoms with E-state index in [1.54, 1.807) is 0 Å². The zero-order valence-electron chi connectivity index (χ0n) is 13.3. The van der Waals surface area contributed by atoms with Crippen LogP contribution in [-0.2, 0) is 10.0 Å². The normalized spacial score (nSPS) is 11.8. The fraction of sp³-hybridized carbons (Fsp3) is 0.200. The molecular weight excluding hydrogens is 377 g/mol. The Labute approximate surface area is 146 Å². The third kappa shape index (κ3) is 4.85. The first-order chi connectivity index (χ1) is 12.0. The number of rotatable bonds is 6. The molecule has 26 heavy (non-hydrogen) atoms. The Morgan fingerprint density at radius 2 is 1.85 bits per heavy atom. The van der Waals surface area contributed by atoms with E-state index in [0.717, 1.165) is 12.1 Å². The maximum atomic E-state index is 12.4. The number of nitro benzene ring substituents is 1. The summed E-state index contributed by atoms with van der Waals surface area (Å²) in [4.78, 5) is 9.83. The van der Waals surface area contributed by atoms with Crippen molar-refractivity contribution in [1.82, 2.24) is 0 Å². The molecule has 0 fully saturated rings. The molecular formula is C15H13F3N2O5S. The van der Waals surface area contributed by atoms with Crippen molar-refractivity contribution in [3.63, 3.8) is 0 Å². The number of nitrogens with one attached hydrogen (secondary N) is 1. The molecule has 7 nitrogen and oxygen atoms in total. The van der Waals surface area contributed by atoms with Crippen molar-refractivity contribution in [3.8, 4) is 5.75 Å². The molecule has 0 aliphatic carbocycles. The fourth-order valence-corrected chi connectivity index (χ4v) is 3.08. The zero-order valence-corrected chi connectivity index (χ0v) is 14.1. The Morgan fingerprint density at radius 3 is 2.46 bits per heavy atom. The van der Waals surface area contributed by atoms with E-state index in [2.05, 4.69) is 9.46 Å². The maximum Gasteiger partial charge on any atom is 0.422 e. The monoisotopic (exact) mass is 390 g/mol. The van der Waals surface area contributed by atoms with Crippen LogP contribution in [0, 0.1) is 17.0 Å². The van der Waals surface area contributed by atoms with Gasteiger partial charge < -0.3 is 4.74 Å². The number of alkyl halides is 3. The van der Waals surface area contributed by atoms with Gasteiger partial charge in [-0.1, -0.05) is 18.2 Å². The highest BCUT2D eigenvalue weighted by atomic mass is 32.2. The van der Waals surface area contributed by atoms with Gasteiger partial charge in [0.15, 0.2) is 6.61 Å². The largest absolute Gasteiger partial charge is 0.482 e. The van der Waals surface area contributed by atoms with Gasteiger partial charge in [-0.25, -0.2) is 8.42 Å². The lowest BCUT2D eigenvalue weighted by molar-refractivity contribution is -0.385. The van der Waals surface area contributed by atoms with Crippen molar-refractivity contribution >= 4 is 21.4 Å². The van der Waals surface area contributed by atoms with E-state index in [9.17, 15) is 31.7 Å². The highest BCUT2D eigenvalue weighted by molar-refractivity contribution is 7.92. The number of benzene rings is 2. The summed E-state index contributed by atoms with van der Waals surface area (Å²) in [5.74, 6) is -0.324. The van der Waals surface area contributed by atoms with Crippen LogP contribution in [0.25, 0.3) is 0 Å². The number of halogens is 3. The van der Waals surface area contributed by atoms with Gasteiger partial charge in [-0.15, -0.1) is 0 Å². The third-order valence-electron chi connectivity index (χ3n) is 3.21. The summed E-state index contributed by atoms with van der Waals surface area (Å²) < 4.78 is 68.5. The van der Waals surface area contributed by atoms with E-state index < -0.39 is 38.3 Å². The number of anilines is 1. The summed E-state index contributed by atoms with van der Waals surface area (Å²) in [5.41, 5.74) is -0.350. The van der Waals surface area contributed by atoms with E-state index in [4.69, 9.17) is 0 Å². The van der Waals surface area contributed by atoms with Gasteiger partial charge in [-0.05, 0) is 25.1 Å². The Hall–Kier alpha value is -2.82. The topological polar surface area (TPSA) is 98.5 Å². The molecule has 0 atom stereocenters. The van der Waals surface area contributed by atoms with Crippen LogP contribution in [-0.4, -0.2) is 26.1 Å². The summed E-state index contributed by atoms with van der Waals surface area (Å²) >= 11 is 0. The number of hydrogen-bond donors (Lipinski definition) is 1. The molecule has 0 saturated carbocycles. The molecule has 0 aliphatic rings. The molecule has 0 heterocycles. The number of ether oxygens (including phenoxy) is 1. The molecule has 1 N–H and O–H groups in total. The van der Waals surface area contributed by atoms with Gasteiger partial charge in [0.25, 0.3) is 15.7 Å². The van der Waals surface area contributed by atoms with Crippen LogP contribution in [0.3, 0.4) is 0 Å². The Balaban J connectivity index is 2.33. The van der Waals surface area contributed by atoms with E-state index in [0.29, 0.717) is 0 Å². The molecule has 0 saturated heterocycles. The smallest absolute Gasteiger partial charge is 0.422 e. The van der Waals surface area contributed by atoms with E-state index >= 15 is 0 Å². The van der Waals surface area contributed by atoms with Crippen LogP contribution >= 0.6 is 0 Å². The molecule has 0 amide bonds. The van der Waals surface area contributed by atoms with Crippen LogP contribution in [0.5, 0.6) is 5.75 Å². The van der Waals surface area contributed by atoms with Crippen molar-refractivity contribution in [2.24, 2.45) is 0 Å². The summed E-state index contributed by atoms with van der Waals surface area (Å²) in [6, 6.07) is 8.45. The molecule has 0 radical (unpaired) electrons. The second-order valence-corrected chi connectivity index (χ2v) is 6.89. The van der Waals surface area contributed by atoms with Gasteiger partial charge in [-0.3, -0.25) is 14.8 Å². The molecule has 2 aromatic rings. The number of nitro groups is 1. The lowest BCUT2D eigenvalue weighted by atomic mass is 10.2. The second-order valence-electron chi connectivity index (χ2n) is 5.21.